The van der Waals surface area contributed by atoms with E-state index in [-0.39, 0.29) is 11.6 Å². The van der Waals surface area contributed by atoms with Gasteiger partial charge in [0.25, 0.3) is 0 Å². The van der Waals surface area contributed by atoms with Gasteiger partial charge < -0.3 is 4.74 Å². The van der Waals surface area contributed by atoms with Gasteiger partial charge in [-0.3, -0.25) is 14.4 Å². The molecular formula is C30H22O4. The Morgan fingerprint density at radius 1 is 0.765 bits per heavy atom. The van der Waals surface area contributed by atoms with Crippen LogP contribution >= 0.6 is 0 Å². The molecule has 4 aromatic rings. The molecule has 4 nitrogen and oxygen atoms in total. The molecule has 2 aliphatic rings. The molecule has 166 valence electrons. The topological polar surface area (TPSA) is 60.4 Å². The largest absolute Gasteiger partial charge is 0.425 e. The molecule has 4 heteroatoms. The van der Waals surface area contributed by atoms with Crippen molar-refractivity contribution in [1.29, 1.82) is 0 Å². The summed E-state index contributed by atoms with van der Waals surface area (Å²) < 4.78 is 5.87. The Balaban J connectivity index is 1.67. The third-order valence-corrected chi connectivity index (χ3v) is 7.68. The van der Waals surface area contributed by atoms with Crippen LogP contribution in [0.4, 0.5) is 0 Å². The van der Waals surface area contributed by atoms with Gasteiger partial charge >= 0.3 is 5.97 Å². The summed E-state index contributed by atoms with van der Waals surface area (Å²) in [5.74, 6) is -1.36. The Bertz CT molecular complexity index is 1470. The molecule has 6 rings (SSSR count). The van der Waals surface area contributed by atoms with Gasteiger partial charge in [-0.2, -0.15) is 0 Å². The highest BCUT2D eigenvalue weighted by Crippen LogP contribution is 2.81. The molecule has 0 bridgehead atoms. The summed E-state index contributed by atoms with van der Waals surface area (Å²) in [5, 5.41) is 1.88. The molecule has 1 aliphatic heterocycles. The number of ketones is 2. The minimum absolute atomic E-state index is 0.192. The summed E-state index contributed by atoms with van der Waals surface area (Å²) >= 11 is 0. The number of carbonyl (C=O) groups excluding carboxylic acids is 3. The van der Waals surface area contributed by atoms with Crippen LogP contribution in [-0.4, -0.2) is 17.5 Å². The number of Topliss-reactive ketones (excluding diaryl/α,β-unsaturated/α-hetero) is 2. The summed E-state index contributed by atoms with van der Waals surface area (Å²) in [6.07, 6.45) is 0.335. The summed E-state index contributed by atoms with van der Waals surface area (Å²) in [5.41, 5.74) is -1.16. The smallest absolute Gasteiger partial charge is 0.327 e. The van der Waals surface area contributed by atoms with Gasteiger partial charge in [0.05, 0.1) is 5.41 Å². The van der Waals surface area contributed by atoms with Crippen molar-refractivity contribution in [2.24, 2.45) is 10.8 Å². The predicted molar refractivity (Wildman–Crippen MR) is 129 cm³/mol. The Labute approximate surface area is 197 Å². The van der Waals surface area contributed by atoms with E-state index in [1.807, 2.05) is 49.4 Å². The second-order valence-electron chi connectivity index (χ2n) is 9.04. The fraction of sp³-hybridized carbons (Fsp3) is 0.167. The molecule has 4 aromatic carbocycles. The summed E-state index contributed by atoms with van der Waals surface area (Å²) in [6.45, 7) is 1.89. The van der Waals surface area contributed by atoms with Gasteiger partial charge in [-0.05, 0) is 23.3 Å². The van der Waals surface area contributed by atoms with Crippen LogP contribution in [0.2, 0.25) is 0 Å². The first-order valence-corrected chi connectivity index (χ1v) is 11.5. The molecule has 0 N–H and O–H groups in total. The molecule has 0 radical (unpaired) electrons. The number of esters is 1. The molecule has 1 fully saturated rings. The van der Waals surface area contributed by atoms with Crippen LogP contribution in [0.15, 0.2) is 97.1 Å². The second kappa shape index (κ2) is 7.22. The number of hydrogen-bond donors (Lipinski definition) is 0. The highest BCUT2D eigenvalue weighted by molar-refractivity contribution is 6.26. The minimum atomic E-state index is -1.60. The number of ether oxygens (including phenoxy) is 1. The zero-order valence-corrected chi connectivity index (χ0v) is 18.7. The summed E-state index contributed by atoms with van der Waals surface area (Å²) in [7, 11) is 0. The van der Waals surface area contributed by atoms with Crippen molar-refractivity contribution in [3.63, 3.8) is 0 Å². The number of rotatable bonds is 5. The lowest BCUT2D eigenvalue weighted by molar-refractivity contribution is -0.140. The number of benzene rings is 4. The van der Waals surface area contributed by atoms with Crippen LogP contribution < -0.4 is 4.74 Å². The van der Waals surface area contributed by atoms with Crippen LogP contribution in [0.3, 0.4) is 0 Å². The lowest BCUT2D eigenvalue weighted by atomic mass is 9.79. The maximum absolute atomic E-state index is 14.2. The fourth-order valence-corrected chi connectivity index (χ4v) is 6.18. The van der Waals surface area contributed by atoms with E-state index < -0.39 is 22.7 Å². The Hall–Kier alpha value is -4.05. The standard InChI is InChI=1S/C30H22O4/c1-2-29(26(31)20-12-5-3-6-13-20)25-24-22-16-10-9-11-19(22)17-18-23(24)34-28(33)30(25,29)27(32)21-14-7-4-8-15-21/h3-18,25H,2H2,1H3/t25-,29-,30-/m1/s1. The summed E-state index contributed by atoms with van der Waals surface area (Å²) in [6, 6.07) is 29.2. The van der Waals surface area contributed by atoms with E-state index >= 15 is 0 Å². The summed E-state index contributed by atoms with van der Waals surface area (Å²) in [4.78, 5) is 42.2. The zero-order valence-electron chi connectivity index (χ0n) is 18.7. The van der Waals surface area contributed by atoms with E-state index in [1.165, 1.54) is 0 Å². The van der Waals surface area contributed by atoms with Gasteiger partial charge in [-0.25, -0.2) is 0 Å². The predicted octanol–water partition coefficient (Wildman–Crippen LogP) is 6.00. The second-order valence-corrected chi connectivity index (χ2v) is 9.04. The molecule has 3 atom stereocenters. The molecule has 1 saturated carbocycles. The van der Waals surface area contributed by atoms with Gasteiger partial charge in [0.1, 0.15) is 5.75 Å². The van der Waals surface area contributed by atoms with Crippen LogP contribution in [0.5, 0.6) is 5.75 Å². The van der Waals surface area contributed by atoms with Crippen molar-refractivity contribution in [2.75, 3.05) is 0 Å². The molecule has 34 heavy (non-hydrogen) atoms. The van der Waals surface area contributed by atoms with E-state index in [1.54, 1.807) is 54.6 Å². The van der Waals surface area contributed by atoms with Gasteiger partial charge in [-0.15, -0.1) is 0 Å². The third kappa shape index (κ3) is 2.40. The number of fused-ring (bicyclic) bond motifs is 5. The molecule has 1 heterocycles. The van der Waals surface area contributed by atoms with Crippen LogP contribution in [0, 0.1) is 10.8 Å². The first-order valence-electron chi connectivity index (χ1n) is 11.5. The van der Waals surface area contributed by atoms with Gasteiger partial charge in [0.15, 0.2) is 17.0 Å². The molecule has 0 aromatic heterocycles. The monoisotopic (exact) mass is 446 g/mol. The van der Waals surface area contributed by atoms with E-state index in [2.05, 4.69) is 0 Å². The first-order chi connectivity index (χ1) is 16.6. The van der Waals surface area contributed by atoms with E-state index in [0.717, 1.165) is 16.3 Å². The van der Waals surface area contributed by atoms with Crippen LogP contribution in [0.1, 0.15) is 45.5 Å². The molecule has 0 unspecified atom stereocenters. The minimum Gasteiger partial charge on any atom is -0.425 e. The Morgan fingerprint density at radius 3 is 2.00 bits per heavy atom. The van der Waals surface area contributed by atoms with Crippen LogP contribution in [0.25, 0.3) is 10.8 Å². The van der Waals surface area contributed by atoms with Gasteiger partial charge in [-0.1, -0.05) is 97.9 Å². The first kappa shape index (κ1) is 20.5. The quantitative estimate of drug-likeness (QED) is 0.163. The molecule has 1 aliphatic carbocycles. The Kier molecular flexibility index (Phi) is 4.37. The van der Waals surface area contributed by atoms with E-state index in [0.29, 0.717) is 23.3 Å². The lowest BCUT2D eigenvalue weighted by Gasteiger charge is -2.24. The maximum Gasteiger partial charge on any atom is 0.327 e. The van der Waals surface area contributed by atoms with Crippen molar-refractivity contribution < 1.29 is 19.1 Å². The van der Waals surface area contributed by atoms with Crippen molar-refractivity contribution in [3.8, 4) is 5.75 Å². The average Bonchev–Trinajstić information content (AvgIpc) is 3.54. The Morgan fingerprint density at radius 2 is 1.35 bits per heavy atom. The number of hydrogen-bond acceptors (Lipinski definition) is 4. The van der Waals surface area contributed by atoms with E-state index in [9.17, 15) is 14.4 Å². The van der Waals surface area contributed by atoms with Crippen molar-refractivity contribution in [2.45, 2.75) is 19.3 Å². The molecular weight excluding hydrogens is 424 g/mol. The van der Waals surface area contributed by atoms with Gasteiger partial charge in [0, 0.05) is 22.6 Å². The van der Waals surface area contributed by atoms with Crippen molar-refractivity contribution in [3.05, 3.63) is 114 Å². The normalized spacial score (nSPS) is 24.6. The average molecular weight is 447 g/mol. The van der Waals surface area contributed by atoms with Gasteiger partial charge in [0.2, 0.25) is 0 Å². The van der Waals surface area contributed by atoms with Crippen molar-refractivity contribution in [1.82, 2.24) is 0 Å². The maximum atomic E-state index is 14.2. The molecule has 0 spiro atoms. The lowest BCUT2D eigenvalue weighted by Crippen LogP contribution is -2.39. The third-order valence-electron chi connectivity index (χ3n) is 7.68. The van der Waals surface area contributed by atoms with Crippen LogP contribution in [-0.2, 0) is 4.79 Å². The van der Waals surface area contributed by atoms with Crippen molar-refractivity contribution >= 4 is 28.3 Å². The van der Waals surface area contributed by atoms with E-state index in [4.69, 9.17) is 4.74 Å². The SMILES string of the molecule is CC[C@]1(C(=O)c2ccccc2)[C@H]2c3c(ccc4ccccc34)OC(=O)[C@]21C(=O)c1ccccc1. The molecule has 0 saturated heterocycles. The highest BCUT2D eigenvalue weighted by atomic mass is 16.5. The zero-order chi connectivity index (χ0) is 23.5. The molecule has 0 amide bonds. The fourth-order valence-electron chi connectivity index (χ4n) is 6.18. The highest BCUT2D eigenvalue weighted by Gasteiger charge is 2.89. The number of carbonyl (C=O) groups is 3.